The molecular weight excluding hydrogens is 347 g/mol. The Morgan fingerprint density at radius 3 is 3.04 bits per heavy atom. The molecule has 5 rings (SSSR count). The van der Waals surface area contributed by atoms with Crippen LogP contribution in [0.4, 0.5) is 10.2 Å². The summed E-state index contributed by atoms with van der Waals surface area (Å²) in [5.74, 6) is 0.465. The van der Waals surface area contributed by atoms with Crippen molar-refractivity contribution in [2.75, 3.05) is 5.32 Å². The highest BCUT2D eigenvalue weighted by atomic mass is 32.2. The highest BCUT2D eigenvalue weighted by Crippen LogP contribution is 2.33. The summed E-state index contributed by atoms with van der Waals surface area (Å²) >= 11 is 2.70. The molecule has 0 unspecified atom stereocenters. The van der Waals surface area contributed by atoms with Gasteiger partial charge in [0.05, 0.1) is 20.6 Å². The van der Waals surface area contributed by atoms with Crippen LogP contribution in [0.25, 0.3) is 15.9 Å². The van der Waals surface area contributed by atoms with E-state index in [2.05, 4.69) is 25.6 Å². The summed E-state index contributed by atoms with van der Waals surface area (Å²) in [7, 11) is 0. The third kappa shape index (κ3) is 2.49. The van der Waals surface area contributed by atoms with Crippen molar-refractivity contribution < 1.29 is 4.39 Å². The first-order valence-electron chi connectivity index (χ1n) is 7.46. The molecule has 1 fully saturated rings. The average molecular weight is 358 g/mol. The zero-order valence-electron chi connectivity index (χ0n) is 12.3. The van der Waals surface area contributed by atoms with Crippen molar-refractivity contribution in [1.82, 2.24) is 24.8 Å². The SMILES string of the molecule is Fc1cc2ncsc2cc1Sc1nnc2ccc(NC3CC3)nn12. The number of hydrogen-bond donors (Lipinski definition) is 1. The lowest BCUT2D eigenvalue weighted by Gasteiger charge is -2.05. The predicted molar refractivity (Wildman–Crippen MR) is 91.1 cm³/mol. The molecule has 0 atom stereocenters. The van der Waals surface area contributed by atoms with Gasteiger partial charge in [-0.15, -0.1) is 26.6 Å². The molecule has 0 radical (unpaired) electrons. The zero-order valence-corrected chi connectivity index (χ0v) is 13.9. The second-order valence-corrected chi connectivity index (χ2v) is 7.49. The fourth-order valence-electron chi connectivity index (χ4n) is 2.38. The van der Waals surface area contributed by atoms with Gasteiger partial charge in [0.1, 0.15) is 11.6 Å². The molecule has 3 aromatic heterocycles. The van der Waals surface area contributed by atoms with Gasteiger partial charge in [-0.25, -0.2) is 9.37 Å². The van der Waals surface area contributed by atoms with E-state index >= 15 is 0 Å². The summed E-state index contributed by atoms with van der Waals surface area (Å²) in [5.41, 5.74) is 3.02. The fraction of sp³-hybridized carbons (Fsp3) is 0.200. The number of anilines is 1. The third-order valence-electron chi connectivity index (χ3n) is 3.75. The van der Waals surface area contributed by atoms with Gasteiger partial charge >= 0.3 is 0 Å². The van der Waals surface area contributed by atoms with Crippen LogP contribution in [0.1, 0.15) is 12.8 Å². The van der Waals surface area contributed by atoms with Crippen molar-refractivity contribution in [1.29, 1.82) is 0 Å². The number of nitrogens with zero attached hydrogens (tertiary/aromatic N) is 5. The van der Waals surface area contributed by atoms with E-state index in [0.717, 1.165) is 10.5 Å². The van der Waals surface area contributed by atoms with Crippen LogP contribution in [-0.4, -0.2) is 30.8 Å². The number of benzene rings is 1. The van der Waals surface area contributed by atoms with Gasteiger partial charge in [0.15, 0.2) is 5.65 Å². The molecule has 1 saturated carbocycles. The maximum Gasteiger partial charge on any atom is 0.217 e. The minimum absolute atomic E-state index is 0.317. The van der Waals surface area contributed by atoms with Crippen LogP contribution in [-0.2, 0) is 0 Å². The quantitative estimate of drug-likeness (QED) is 0.601. The Labute approximate surface area is 144 Å². The lowest BCUT2D eigenvalue weighted by atomic mass is 10.3. The van der Waals surface area contributed by atoms with Crippen molar-refractivity contribution in [3.05, 3.63) is 35.6 Å². The molecule has 24 heavy (non-hydrogen) atoms. The van der Waals surface area contributed by atoms with E-state index in [1.54, 1.807) is 16.1 Å². The van der Waals surface area contributed by atoms with Crippen LogP contribution < -0.4 is 5.32 Å². The standard InChI is InChI=1S/C15H11FN6S2/c16-9-5-10-12(23-7-17-10)6-11(9)24-15-20-19-14-4-3-13(21-22(14)15)18-8-1-2-8/h3-8H,1-2H2,(H,18,21). The largest absolute Gasteiger partial charge is 0.366 e. The number of aromatic nitrogens is 5. The van der Waals surface area contributed by atoms with Gasteiger partial charge in [-0.2, -0.15) is 4.52 Å². The Hall–Kier alpha value is -2.26. The molecule has 3 heterocycles. The lowest BCUT2D eigenvalue weighted by Crippen LogP contribution is -2.05. The smallest absolute Gasteiger partial charge is 0.217 e. The number of fused-ring (bicyclic) bond motifs is 2. The monoisotopic (exact) mass is 358 g/mol. The zero-order chi connectivity index (χ0) is 16.1. The maximum absolute atomic E-state index is 14.3. The fourth-order valence-corrected chi connectivity index (χ4v) is 3.99. The Balaban J connectivity index is 1.53. The second-order valence-electron chi connectivity index (χ2n) is 5.59. The average Bonchev–Trinajstić information content (AvgIpc) is 3.13. The Bertz CT molecular complexity index is 1050. The molecule has 0 aliphatic heterocycles. The van der Waals surface area contributed by atoms with Crippen LogP contribution in [0, 0.1) is 5.82 Å². The van der Waals surface area contributed by atoms with Crippen LogP contribution in [0.15, 0.2) is 39.8 Å². The predicted octanol–water partition coefficient (Wildman–Crippen LogP) is 3.60. The highest BCUT2D eigenvalue weighted by Gasteiger charge is 2.22. The molecule has 1 aliphatic rings. The van der Waals surface area contributed by atoms with Crippen LogP contribution in [0.3, 0.4) is 0 Å². The van der Waals surface area contributed by atoms with Gasteiger partial charge in [-0.05, 0) is 42.8 Å². The number of hydrogen-bond acceptors (Lipinski definition) is 7. The van der Waals surface area contributed by atoms with Gasteiger partial charge < -0.3 is 5.32 Å². The molecule has 6 nitrogen and oxygen atoms in total. The van der Waals surface area contributed by atoms with E-state index in [-0.39, 0.29) is 5.82 Å². The summed E-state index contributed by atoms with van der Waals surface area (Å²) in [6, 6.07) is 7.50. The van der Waals surface area contributed by atoms with Gasteiger partial charge in [0, 0.05) is 12.1 Å². The summed E-state index contributed by atoms with van der Waals surface area (Å²) < 4.78 is 16.9. The van der Waals surface area contributed by atoms with Crippen molar-refractivity contribution in [3.63, 3.8) is 0 Å². The molecular formula is C15H11FN6S2. The minimum Gasteiger partial charge on any atom is -0.366 e. The van der Waals surface area contributed by atoms with E-state index in [9.17, 15) is 4.39 Å². The molecule has 4 aromatic rings. The van der Waals surface area contributed by atoms with Gasteiger partial charge in [-0.1, -0.05) is 0 Å². The van der Waals surface area contributed by atoms with Crippen molar-refractivity contribution in [2.24, 2.45) is 0 Å². The first kappa shape index (κ1) is 14.1. The summed E-state index contributed by atoms with van der Waals surface area (Å²) in [5, 5.41) is 16.6. The van der Waals surface area contributed by atoms with E-state index in [1.165, 1.54) is 42.0 Å². The van der Waals surface area contributed by atoms with Gasteiger partial charge in [0.25, 0.3) is 0 Å². The highest BCUT2D eigenvalue weighted by molar-refractivity contribution is 7.99. The van der Waals surface area contributed by atoms with Gasteiger partial charge in [0.2, 0.25) is 5.16 Å². The summed E-state index contributed by atoms with van der Waals surface area (Å²) in [4.78, 5) is 4.62. The summed E-state index contributed by atoms with van der Waals surface area (Å²) in [6.07, 6.45) is 2.34. The van der Waals surface area contributed by atoms with E-state index < -0.39 is 0 Å². The van der Waals surface area contributed by atoms with E-state index in [4.69, 9.17) is 0 Å². The molecule has 0 bridgehead atoms. The van der Waals surface area contributed by atoms with Crippen molar-refractivity contribution in [3.8, 4) is 0 Å². The number of nitrogens with one attached hydrogen (secondary N) is 1. The molecule has 1 N–H and O–H groups in total. The minimum atomic E-state index is -0.317. The van der Waals surface area contributed by atoms with Crippen molar-refractivity contribution >= 4 is 44.8 Å². The molecule has 0 saturated heterocycles. The molecule has 9 heteroatoms. The first-order valence-corrected chi connectivity index (χ1v) is 9.15. The normalized spacial score (nSPS) is 14.5. The Kier molecular flexibility index (Phi) is 3.17. The second kappa shape index (κ2) is 5.38. The summed E-state index contributed by atoms with van der Waals surface area (Å²) in [6.45, 7) is 0. The maximum atomic E-state index is 14.3. The molecule has 0 spiro atoms. The van der Waals surface area contributed by atoms with Crippen molar-refractivity contribution in [2.45, 2.75) is 28.9 Å². The van der Waals surface area contributed by atoms with Crippen LogP contribution in [0.5, 0.6) is 0 Å². The van der Waals surface area contributed by atoms with Crippen LogP contribution in [0.2, 0.25) is 0 Å². The molecule has 0 amide bonds. The first-order chi connectivity index (χ1) is 11.8. The third-order valence-corrected chi connectivity index (χ3v) is 5.51. The van der Waals surface area contributed by atoms with Gasteiger partial charge in [-0.3, -0.25) is 0 Å². The molecule has 1 aliphatic carbocycles. The van der Waals surface area contributed by atoms with E-state index in [0.29, 0.717) is 27.3 Å². The topological polar surface area (TPSA) is 68.0 Å². The van der Waals surface area contributed by atoms with E-state index in [1.807, 2.05) is 12.1 Å². The molecule has 1 aromatic carbocycles. The number of halogens is 1. The number of thiazole rings is 1. The number of rotatable bonds is 4. The molecule has 120 valence electrons. The lowest BCUT2D eigenvalue weighted by molar-refractivity contribution is 0.603. The van der Waals surface area contributed by atoms with Crippen LogP contribution >= 0.6 is 23.1 Å². The Morgan fingerprint density at radius 2 is 2.17 bits per heavy atom. The Morgan fingerprint density at radius 1 is 1.25 bits per heavy atom.